The maximum absolute atomic E-state index is 12.7. The number of hydrogen-bond donors (Lipinski definition) is 2. The van der Waals surface area contributed by atoms with Gasteiger partial charge in [0.15, 0.2) is 5.69 Å². The molecule has 1 aromatic carbocycles. The quantitative estimate of drug-likeness (QED) is 0.598. The summed E-state index contributed by atoms with van der Waals surface area (Å²) in [7, 11) is 0. The Labute approximate surface area is 184 Å². The van der Waals surface area contributed by atoms with Crippen molar-refractivity contribution >= 4 is 18.0 Å². The van der Waals surface area contributed by atoms with E-state index in [0.29, 0.717) is 18.5 Å². The summed E-state index contributed by atoms with van der Waals surface area (Å²) in [5, 5.41) is 9.24. The number of carbonyl (C=O) groups excluding carboxylic acids is 3. The molecule has 2 amide bonds. The highest BCUT2D eigenvalue weighted by molar-refractivity contribution is 5.95. The van der Waals surface area contributed by atoms with Crippen LogP contribution in [0.25, 0.3) is 0 Å². The van der Waals surface area contributed by atoms with E-state index < -0.39 is 30.6 Å². The summed E-state index contributed by atoms with van der Waals surface area (Å²) in [6.07, 6.45) is 0.668. The first kappa shape index (κ1) is 22.7. The molecule has 0 saturated carbocycles. The Morgan fingerprint density at radius 3 is 2.47 bits per heavy atom. The Hall–Kier alpha value is -3.95. The molecule has 1 aromatic heterocycles. The van der Waals surface area contributed by atoms with Crippen LogP contribution in [0.1, 0.15) is 42.4 Å². The van der Waals surface area contributed by atoms with Gasteiger partial charge in [0.25, 0.3) is 5.56 Å². The number of esters is 2. The van der Waals surface area contributed by atoms with Gasteiger partial charge < -0.3 is 20.1 Å². The van der Waals surface area contributed by atoms with Gasteiger partial charge in [-0.3, -0.25) is 4.79 Å². The lowest BCUT2D eigenvalue weighted by Gasteiger charge is -2.29. The van der Waals surface area contributed by atoms with Gasteiger partial charge in [-0.2, -0.15) is 5.10 Å². The van der Waals surface area contributed by atoms with Crippen LogP contribution < -0.4 is 16.2 Å². The lowest BCUT2D eigenvalue weighted by molar-refractivity contribution is -0.139. The maximum Gasteiger partial charge on any atom is 0.359 e. The SMILES string of the molecule is CCCn1nc(C(=O)OCC2=C(C(=O)OCC)C(c3ccccc3)NC(=O)N2)ccc1=O. The molecule has 0 aliphatic carbocycles. The molecule has 0 radical (unpaired) electrons. The molecule has 1 atom stereocenters. The fourth-order valence-corrected chi connectivity index (χ4v) is 3.22. The van der Waals surface area contributed by atoms with E-state index in [9.17, 15) is 19.2 Å². The van der Waals surface area contributed by atoms with E-state index in [4.69, 9.17) is 9.47 Å². The van der Waals surface area contributed by atoms with Crippen molar-refractivity contribution in [2.75, 3.05) is 13.2 Å². The first-order valence-electron chi connectivity index (χ1n) is 10.2. The third kappa shape index (κ3) is 5.20. The van der Waals surface area contributed by atoms with Crippen molar-refractivity contribution < 1.29 is 23.9 Å². The van der Waals surface area contributed by atoms with Gasteiger partial charge in [-0.15, -0.1) is 0 Å². The van der Waals surface area contributed by atoms with E-state index in [1.807, 2.05) is 13.0 Å². The summed E-state index contributed by atoms with van der Waals surface area (Å²) in [5.41, 5.74) is 0.524. The van der Waals surface area contributed by atoms with Gasteiger partial charge in [-0.25, -0.2) is 19.1 Å². The number of hydrogen-bond acceptors (Lipinski definition) is 7. The Kier molecular flexibility index (Phi) is 7.37. The number of benzene rings is 1. The van der Waals surface area contributed by atoms with Crippen molar-refractivity contribution in [3.63, 3.8) is 0 Å². The molecule has 0 saturated heterocycles. The van der Waals surface area contributed by atoms with Crippen LogP contribution in [0.2, 0.25) is 0 Å². The summed E-state index contributed by atoms with van der Waals surface area (Å²) < 4.78 is 11.7. The molecule has 10 heteroatoms. The number of amides is 2. The average molecular weight is 440 g/mol. The molecule has 2 heterocycles. The molecule has 0 bridgehead atoms. The molecule has 2 N–H and O–H groups in total. The molecule has 1 aliphatic rings. The lowest BCUT2D eigenvalue weighted by Crippen LogP contribution is -2.47. The van der Waals surface area contributed by atoms with Crippen LogP contribution in [0.15, 0.2) is 58.5 Å². The van der Waals surface area contributed by atoms with Gasteiger partial charge in [-0.1, -0.05) is 37.3 Å². The fraction of sp³-hybridized carbons (Fsp3) is 0.318. The Bertz CT molecular complexity index is 1090. The third-order valence-electron chi connectivity index (χ3n) is 4.64. The van der Waals surface area contributed by atoms with Gasteiger partial charge in [-0.05, 0) is 25.0 Å². The van der Waals surface area contributed by atoms with Crippen molar-refractivity contribution in [3.8, 4) is 0 Å². The molecule has 168 valence electrons. The molecule has 32 heavy (non-hydrogen) atoms. The smallest absolute Gasteiger partial charge is 0.359 e. The molecule has 2 aromatic rings. The van der Waals surface area contributed by atoms with Crippen LogP contribution in [-0.2, 0) is 20.8 Å². The topological polar surface area (TPSA) is 129 Å². The van der Waals surface area contributed by atoms with Crippen molar-refractivity contribution in [1.82, 2.24) is 20.4 Å². The number of urea groups is 1. The lowest BCUT2D eigenvalue weighted by atomic mass is 9.95. The first-order valence-corrected chi connectivity index (χ1v) is 10.2. The summed E-state index contributed by atoms with van der Waals surface area (Å²) in [5.74, 6) is -1.44. The Balaban J connectivity index is 1.89. The number of aryl methyl sites for hydroxylation is 1. The number of rotatable bonds is 8. The minimum absolute atomic E-state index is 0.0591. The first-order chi connectivity index (χ1) is 15.4. The molecule has 1 unspecified atom stereocenters. The number of carbonyl (C=O) groups is 3. The van der Waals surface area contributed by atoms with Crippen molar-refractivity contribution in [2.24, 2.45) is 0 Å². The van der Waals surface area contributed by atoms with Gasteiger partial charge in [0.1, 0.15) is 6.61 Å². The predicted octanol–water partition coefficient (Wildman–Crippen LogP) is 1.68. The summed E-state index contributed by atoms with van der Waals surface area (Å²) in [6, 6.07) is 10.1. The largest absolute Gasteiger partial charge is 0.463 e. The molecule has 0 fully saturated rings. The van der Waals surface area contributed by atoms with E-state index >= 15 is 0 Å². The van der Waals surface area contributed by atoms with Gasteiger partial charge in [0, 0.05) is 12.6 Å². The standard InChI is InChI=1S/C22H24N4O6/c1-3-12-26-17(27)11-10-15(25-26)20(28)32-13-16-18(21(29)31-4-2)19(24-22(30)23-16)14-8-6-5-7-9-14/h5-11,19H,3-4,12-13H2,1-2H3,(H2,23,24,30). The van der Waals surface area contributed by atoms with Crippen LogP contribution in [0.4, 0.5) is 4.79 Å². The van der Waals surface area contributed by atoms with Crippen LogP contribution in [0, 0.1) is 0 Å². The van der Waals surface area contributed by atoms with Crippen molar-refractivity contribution in [2.45, 2.75) is 32.9 Å². The fourth-order valence-electron chi connectivity index (χ4n) is 3.22. The van der Waals surface area contributed by atoms with E-state index in [-0.39, 0.29) is 29.1 Å². The Morgan fingerprint density at radius 2 is 1.78 bits per heavy atom. The van der Waals surface area contributed by atoms with Gasteiger partial charge in [0.2, 0.25) is 0 Å². The van der Waals surface area contributed by atoms with Crippen molar-refractivity contribution in [1.29, 1.82) is 0 Å². The van der Waals surface area contributed by atoms with Crippen LogP contribution in [0.5, 0.6) is 0 Å². The summed E-state index contributed by atoms with van der Waals surface area (Å²) >= 11 is 0. The van der Waals surface area contributed by atoms with Gasteiger partial charge >= 0.3 is 18.0 Å². The highest BCUT2D eigenvalue weighted by Crippen LogP contribution is 2.27. The Morgan fingerprint density at radius 1 is 1.03 bits per heavy atom. The second kappa shape index (κ2) is 10.4. The zero-order valence-corrected chi connectivity index (χ0v) is 17.8. The number of aromatic nitrogens is 2. The van der Waals surface area contributed by atoms with Crippen LogP contribution in [0.3, 0.4) is 0 Å². The zero-order chi connectivity index (χ0) is 23.1. The van der Waals surface area contributed by atoms with E-state index in [1.165, 1.54) is 16.8 Å². The summed E-state index contributed by atoms with van der Waals surface area (Å²) in [6.45, 7) is 3.65. The second-order valence-electron chi connectivity index (χ2n) is 6.91. The van der Waals surface area contributed by atoms with Crippen molar-refractivity contribution in [3.05, 3.63) is 75.3 Å². The van der Waals surface area contributed by atoms with E-state index in [2.05, 4.69) is 15.7 Å². The number of nitrogens with one attached hydrogen (secondary N) is 2. The summed E-state index contributed by atoms with van der Waals surface area (Å²) in [4.78, 5) is 49.3. The molecule has 10 nitrogen and oxygen atoms in total. The van der Waals surface area contributed by atoms with Crippen LogP contribution >= 0.6 is 0 Å². The highest BCUT2D eigenvalue weighted by Gasteiger charge is 2.34. The van der Waals surface area contributed by atoms with Crippen LogP contribution in [-0.4, -0.2) is 41.0 Å². The minimum Gasteiger partial charge on any atom is -0.463 e. The average Bonchev–Trinajstić information content (AvgIpc) is 2.79. The second-order valence-corrected chi connectivity index (χ2v) is 6.91. The molecule has 3 rings (SSSR count). The van der Waals surface area contributed by atoms with Gasteiger partial charge in [0.05, 0.1) is 23.9 Å². The highest BCUT2D eigenvalue weighted by atomic mass is 16.5. The molecular formula is C22H24N4O6. The predicted molar refractivity (Wildman–Crippen MR) is 114 cm³/mol. The number of nitrogens with zero attached hydrogens (tertiary/aromatic N) is 2. The minimum atomic E-state index is -0.797. The monoisotopic (exact) mass is 440 g/mol. The molecule has 1 aliphatic heterocycles. The number of ether oxygens (including phenoxy) is 2. The van der Waals surface area contributed by atoms with E-state index in [0.717, 1.165) is 0 Å². The normalized spacial score (nSPS) is 15.6. The third-order valence-corrected chi connectivity index (χ3v) is 4.64. The van der Waals surface area contributed by atoms with E-state index in [1.54, 1.807) is 31.2 Å². The zero-order valence-electron chi connectivity index (χ0n) is 17.8. The maximum atomic E-state index is 12.7. The molecular weight excluding hydrogens is 416 g/mol. The molecule has 0 spiro atoms.